The lowest BCUT2D eigenvalue weighted by Gasteiger charge is -2.58. The highest BCUT2D eigenvalue weighted by Crippen LogP contribution is 2.67. The molecule has 1 aromatic rings. The highest BCUT2D eigenvalue weighted by atomic mass is 16.6. The Kier molecular flexibility index (Phi) is 13.9. The van der Waals surface area contributed by atoms with Crippen molar-refractivity contribution in [1.82, 2.24) is 0 Å². The summed E-state index contributed by atoms with van der Waals surface area (Å²) in [6.45, 7) is 13.2. The molecule has 0 amide bonds. The van der Waals surface area contributed by atoms with Crippen LogP contribution in [0.3, 0.4) is 0 Å². The number of hydrogen-bond acceptors (Lipinski definition) is 5. The summed E-state index contributed by atoms with van der Waals surface area (Å²) in [6, 6.07) is 6.27. The van der Waals surface area contributed by atoms with E-state index in [-0.39, 0.29) is 17.8 Å². The Bertz CT molecular complexity index is 1270. The van der Waals surface area contributed by atoms with Crippen molar-refractivity contribution in [2.75, 3.05) is 6.61 Å². The van der Waals surface area contributed by atoms with Crippen molar-refractivity contribution in [3.63, 3.8) is 0 Å². The standard InChI is InChI=1S/C44H69NO5/c1-32(2)15-14-16-33(3)39-24-25-40-38-23-18-34-31-37(26-28-43(34,4)41(38)27-29-44(39,40)5)50-42(46)17-12-10-8-6-7-9-11-13-30-49-36-21-19-35(20-22-36)45(47)48/h18-22,32-33,37-41H,6-17,23-31H2,1-5H3/t33-,37+,38+,39-,40+,41+,43+,44-/m1/s1. The number of ether oxygens (including phenoxy) is 2. The van der Waals surface area contributed by atoms with Gasteiger partial charge in [-0.25, -0.2) is 0 Å². The molecular weight excluding hydrogens is 622 g/mol. The summed E-state index contributed by atoms with van der Waals surface area (Å²) in [5, 5.41) is 10.8. The molecule has 50 heavy (non-hydrogen) atoms. The molecule has 0 N–H and O–H groups in total. The summed E-state index contributed by atoms with van der Waals surface area (Å²) >= 11 is 0. The normalized spacial score (nSPS) is 30.9. The summed E-state index contributed by atoms with van der Waals surface area (Å²) in [6.07, 6.45) is 26.4. The molecule has 0 aromatic heterocycles. The Morgan fingerprint density at radius 3 is 2.26 bits per heavy atom. The summed E-state index contributed by atoms with van der Waals surface area (Å²) in [5.41, 5.74) is 2.53. The SMILES string of the molecule is CC(C)CCC[C@@H](C)[C@H]1CC[C@H]2[C@@H]3CC=C4C[C@@H](OC(=O)CCCCCCCCCCOc5ccc([N+](=O)[O-])cc5)CC[C@]4(C)[C@H]3CC[C@]12C. The number of allylic oxidation sites excluding steroid dienone is 1. The number of fused-ring (bicyclic) bond motifs is 5. The van der Waals surface area contributed by atoms with Gasteiger partial charge < -0.3 is 9.47 Å². The molecule has 6 nitrogen and oxygen atoms in total. The quantitative estimate of drug-likeness (QED) is 0.0474. The number of esters is 1. The van der Waals surface area contributed by atoms with Crippen molar-refractivity contribution in [2.45, 2.75) is 169 Å². The van der Waals surface area contributed by atoms with Gasteiger partial charge in [0.15, 0.2) is 0 Å². The molecule has 0 bridgehead atoms. The van der Waals surface area contributed by atoms with Crippen LogP contribution in [0, 0.1) is 56.5 Å². The summed E-state index contributed by atoms with van der Waals surface area (Å²) in [5.74, 6) is 5.82. The van der Waals surface area contributed by atoms with Gasteiger partial charge in [0.1, 0.15) is 11.9 Å². The van der Waals surface area contributed by atoms with Crippen molar-refractivity contribution in [3.05, 3.63) is 46.0 Å². The van der Waals surface area contributed by atoms with E-state index in [1.165, 1.54) is 95.6 Å². The van der Waals surface area contributed by atoms with Crippen molar-refractivity contribution in [2.24, 2.45) is 46.3 Å². The molecule has 0 heterocycles. The largest absolute Gasteiger partial charge is 0.494 e. The molecular formula is C44H69NO5. The number of nitro benzene ring substituents is 1. The first kappa shape index (κ1) is 38.9. The molecule has 0 saturated heterocycles. The molecule has 4 aliphatic rings. The lowest BCUT2D eigenvalue weighted by molar-refractivity contribution is -0.384. The highest BCUT2D eigenvalue weighted by Gasteiger charge is 2.59. The molecule has 280 valence electrons. The average Bonchev–Trinajstić information content (AvgIpc) is 3.44. The van der Waals surface area contributed by atoms with Gasteiger partial charge in [-0.15, -0.1) is 0 Å². The van der Waals surface area contributed by atoms with Gasteiger partial charge in [-0.3, -0.25) is 14.9 Å². The summed E-state index contributed by atoms with van der Waals surface area (Å²) < 4.78 is 11.8. The van der Waals surface area contributed by atoms with Gasteiger partial charge in [-0.2, -0.15) is 0 Å². The smallest absolute Gasteiger partial charge is 0.306 e. The van der Waals surface area contributed by atoms with E-state index in [4.69, 9.17) is 9.47 Å². The van der Waals surface area contributed by atoms with Crippen LogP contribution in [0.2, 0.25) is 0 Å². The zero-order valence-corrected chi connectivity index (χ0v) is 32.3. The van der Waals surface area contributed by atoms with Crippen LogP contribution in [0.1, 0.15) is 163 Å². The Morgan fingerprint density at radius 1 is 0.860 bits per heavy atom. The minimum atomic E-state index is -0.397. The summed E-state index contributed by atoms with van der Waals surface area (Å²) in [4.78, 5) is 23.2. The van der Waals surface area contributed by atoms with Crippen molar-refractivity contribution < 1.29 is 19.2 Å². The second-order valence-electron chi connectivity index (χ2n) is 17.8. The maximum Gasteiger partial charge on any atom is 0.306 e. The van der Waals surface area contributed by atoms with Crippen molar-refractivity contribution >= 4 is 11.7 Å². The topological polar surface area (TPSA) is 78.7 Å². The zero-order chi connectivity index (χ0) is 35.7. The third-order valence-corrected chi connectivity index (χ3v) is 14.1. The third kappa shape index (κ3) is 9.54. The van der Waals surface area contributed by atoms with Crippen LogP contribution in [0.4, 0.5) is 5.69 Å². The van der Waals surface area contributed by atoms with E-state index < -0.39 is 4.92 Å². The first-order chi connectivity index (χ1) is 24.0. The molecule has 3 fully saturated rings. The predicted molar refractivity (Wildman–Crippen MR) is 203 cm³/mol. The van der Waals surface area contributed by atoms with Gasteiger partial charge in [-0.05, 0) is 116 Å². The molecule has 3 saturated carbocycles. The Morgan fingerprint density at radius 2 is 1.56 bits per heavy atom. The number of hydrogen-bond donors (Lipinski definition) is 0. The van der Waals surface area contributed by atoms with E-state index in [1.54, 1.807) is 17.7 Å². The molecule has 4 aliphatic carbocycles. The van der Waals surface area contributed by atoms with E-state index in [1.807, 2.05) is 0 Å². The van der Waals surface area contributed by atoms with Gasteiger partial charge >= 0.3 is 5.97 Å². The monoisotopic (exact) mass is 692 g/mol. The number of nitrogens with zero attached hydrogens (tertiary/aromatic N) is 1. The van der Waals surface area contributed by atoms with E-state index in [0.717, 1.165) is 74.0 Å². The fourth-order valence-electron chi connectivity index (χ4n) is 11.3. The molecule has 0 unspecified atom stereocenters. The highest BCUT2D eigenvalue weighted by molar-refractivity contribution is 5.69. The van der Waals surface area contributed by atoms with Gasteiger partial charge in [-0.1, -0.05) is 104 Å². The summed E-state index contributed by atoms with van der Waals surface area (Å²) in [7, 11) is 0. The number of benzene rings is 1. The lowest BCUT2D eigenvalue weighted by Crippen LogP contribution is -2.51. The minimum absolute atomic E-state index is 0.00820. The fourth-order valence-corrected chi connectivity index (χ4v) is 11.3. The van der Waals surface area contributed by atoms with Crippen LogP contribution in [0.25, 0.3) is 0 Å². The van der Waals surface area contributed by atoms with E-state index in [2.05, 4.69) is 40.7 Å². The first-order valence-electron chi connectivity index (χ1n) is 20.8. The predicted octanol–water partition coefficient (Wildman–Crippen LogP) is 12.4. The molecule has 0 aliphatic heterocycles. The van der Waals surface area contributed by atoms with Gasteiger partial charge in [0.05, 0.1) is 11.5 Å². The van der Waals surface area contributed by atoms with Gasteiger partial charge in [0.25, 0.3) is 5.69 Å². The first-order valence-corrected chi connectivity index (χ1v) is 20.8. The molecule has 0 spiro atoms. The average molecular weight is 692 g/mol. The van der Waals surface area contributed by atoms with Crippen molar-refractivity contribution in [1.29, 1.82) is 0 Å². The fraction of sp³-hybridized carbons (Fsp3) is 0.795. The van der Waals surface area contributed by atoms with Crippen LogP contribution in [-0.4, -0.2) is 23.6 Å². The second-order valence-corrected chi connectivity index (χ2v) is 17.8. The molecule has 5 rings (SSSR count). The number of non-ortho nitro benzene ring substituents is 1. The minimum Gasteiger partial charge on any atom is -0.494 e. The van der Waals surface area contributed by atoms with E-state index >= 15 is 0 Å². The maximum atomic E-state index is 12.8. The van der Waals surface area contributed by atoms with Gasteiger partial charge in [0, 0.05) is 25.0 Å². The zero-order valence-electron chi connectivity index (χ0n) is 32.3. The van der Waals surface area contributed by atoms with Crippen LogP contribution in [0.15, 0.2) is 35.9 Å². The molecule has 1 aromatic carbocycles. The van der Waals surface area contributed by atoms with Crippen molar-refractivity contribution in [3.8, 4) is 5.75 Å². The number of carbonyl (C=O) groups excluding carboxylic acids is 1. The maximum absolute atomic E-state index is 12.8. The van der Waals surface area contributed by atoms with E-state index in [9.17, 15) is 14.9 Å². The molecule has 0 radical (unpaired) electrons. The lowest BCUT2D eigenvalue weighted by atomic mass is 9.47. The van der Waals surface area contributed by atoms with E-state index in [0.29, 0.717) is 29.6 Å². The Hall–Kier alpha value is -2.37. The Balaban J connectivity index is 0.949. The van der Waals surface area contributed by atoms with Crippen LogP contribution in [-0.2, 0) is 9.53 Å². The number of unbranched alkanes of at least 4 members (excludes halogenated alkanes) is 7. The van der Waals surface area contributed by atoms with Crippen LogP contribution >= 0.6 is 0 Å². The van der Waals surface area contributed by atoms with Crippen LogP contribution < -0.4 is 4.74 Å². The number of carbonyl (C=O) groups is 1. The number of nitro groups is 1. The second kappa shape index (κ2) is 17.9. The Labute approximate surface area is 304 Å². The molecule has 6 heteroatoms. The van der Waals surface area contributed by atoms with Crippen LogP contribution in [0.5, 0.6) is 5.75 Å². The number of rotatable bonds is 19. The molecule has 8 atom stereocenters. The van der Waals surface area contributed by atoms with Gasteiger partial charge in [0.2, 0.25) is 0 Å². The third-order valence-electron chi connectivity index (χ3n) is 14.1.